The molecule has 12 heteroatoms. The number of benzene rings is 2. The van der Waals surface area contributed by atoms with Crippen molar-refractivity contribution in [1.29, 1.82) is 5.41 Å². The van der Waals surface area contributed by atoms with Gasteiger partial charge in [-0.05, 0) is 67.8 Å². The van der Waals surface area contributed by atoms with Crippen LogP contribution in [0.25, 0.3) is 0 Å². The number of amides is 3. The van der Waals surface area contributed by atoms with Crippen molar-refractivity contribution in [3.05, 3.63) is 48.5 Å². The summed E-state index contributed by atoms with van der Waals surface area (Å²) in [6.07, 6.45) is -2.34. The first-order valence-corrected chi connectivity index (χ1v) is 12.0. The summed E-state index contributed by atoms with van der Waals surface area (Å²) in [7, 11) is 1.37. The summed E-state index contributed by atoms with van der Waals surface area (Å²) >= 11 is 0. The molecule has 0 radical (unpaired) electrons. The molecule has 0 spiro atoms. The molecular weight excluding hydrogens is 503 g/mol. The van der Waals surface area contributed by atoms with Gasteiger partial charge in [-0.1, -0.05) is 0 Å². The Morgan fingerprint density at radius 2 is 1.63 bits per heavy atom. The summed E-state index contributed by atoms with van der Waals surface area (Å²) in [4.78, 5) is 45.5. The molecule has 4 rings (SSSR count). The van der Waals surface area contributed by atoms with Crippen molar-refractivity contribution < 1.29 is 32.3 Å². The van der Waals surface area contributed by atoms with Crippen LogP contribution in [-0.4, -0.2) is 55.6 Å². The van der Waals surface area contributed by atoms with E-state index in [2.05, 4.69) is 15.0 Å². The highest BCUT2D eigenvalue weighted by molar-refractivity contribution is 6.54. The minimum absolute atomic E-state index is 0.0506. The van der Waals surface area contributed by atoms with E-state index in [1.54, 1.807) is 29.2 Å². The normalized spacial score (nSPS) is 19.5. The number of nitrogens with one attached hydrogen (secondary N) is 2. The van der Waals surface area contributed by atoms with Crippen LogP contribution >= 0.6 is 0 Å². The number of rotatable bonds is 6. The van der Waals surface area contributed by atoms with Crippen LogP contribution < -0.4 is 19.9 Å². The maximum absolute atomic E-state index is 13.6. The van der Waals surface area contributed by atoms with Gasteiger partial charge < -0.3 is 19.9 Å². The second-order valence-corrected chi connectivity index (χ2v) is 8.85. The van der Waals surface area contributed by atoms with Gasteiger partial charge in [0.25, 0.3) is 11.8 Å². The van der Waals surface area contributed by atoms with Crippen molar-refractivity contribution in [2.24, 2.45) is 10.9 Å². The fraction of sp³-hybridized carbons (Fsp3) is 0.346. The van der Waals surface area contributed by atoms with Gasteiger partial charge in [-0.3, -0.25) is 19.8 Å². The first-order chi connectivity index (χ1) is 18.1. The Labute approximate surface area is 216 Å². The molecule has 2 heterocycles. The van der Waals surface area contributed by atoms with Gasteiger partial charge >= 0.3 is 6.36 Å². The predicted molar refractivity (Wildman–Crippen MR) is 135 cm³/mol. The molecule has 3 amide bonds. The molecule has 2 aliphatic heterocycles. The summed E-state index contributed by atoms with van der Waals surface area (Å²) in [6.45, 7) is 0.843. The minimum Gasteiger partial charge on any atom is -0.406 e. The number of ether oxygens (including phenoxy) is 1. The molecule has 0 saturated carbocycles. The number of aliphatic imine (C=N–C) groups is 1. The zero-order chi connectivity index (χ0) is 27.4. The first-order valence-electron chi connectivity index (χ1n) is 12.0. The molecule has 2 saturated heterocycles. The highest BCUT2D eigenvalue weighted by Gasteiger charge is 2.38. The Balaban J connectivity index is 1.62. The third kappa shape index (κ3) is 6.01. The van der Waals surface area contributed by atoms with E-state index in [0.29, 0.717) is 18.7 Å². The van der Waals surface area contributed by atoms with Gasteiger partial charge in [-0.2, -0.15) is 0 Å². The second kappa shape index (κ2) is 11.0. The number of carbonyl (C=O) groups is 3. The quantitative estimate of drug-likeness (QED) is 0.551. The van der Waals surface area contributed by atoms with Gasteiger partial charge in [-0.15, -0.1) is 13.2 Å². The summed E-state index contributed by atoms with van der Waals surface area (Å²) in [5.41, 5.74) is 1.03. The van der Waals surface area contributed by atoms with Crippen molar-refractivity contribution >= 4 is 46.2 Å². The SMILES string of the molecule is CNC(=O)C(=N)C1CCN(c2ccc(N3CCCCC3=O)cc2)C(=O)C1=Nc1ccc(OC(F)(F)F)cc1. The number of carbonyl (C=O) groups excluding carboxylic acids is 3. The van der Waals surface area contributed by atoms with Crippen molar-refractivity contribution in [1.82, 2.24) is 5.32 Å². The summed E-state index contributed by atoms with van der Waals surface area (Å²) in [5, 5.41) is 10.7. The maximum Gasteiger partial charge on any atom is 0.573 e. The van der Waals surface area contributed by atoms with E-state index >= 15 is 0 Å². The predicted octanol–water partition coefficient (Wildman–Crippen LogP) is 3.99. The molecule has 1 atom stereocenters. The molecule has 38 heavy (non-hydrogen) atoms. The molecule has 2 aliphatic rings. The van der Waals surface area contributed by atoms with Crippen molar-refractivity contribution in [2.75, 3.05) is 29.9 Å². The monoisotopic (exact) mass is 529 g/mol. The van der Waals surface area contributed by atoms with E-state index in [0.717, 1.165) is 30.7 Å². The van der Waals surface area contributed by atoms with E-state index in [-0.39, 0.29) is 36.0 Å². The van der Waals surface area contributed by atoms with Gasteiger partial charge in [-0.25, -0.2) is 4.99 Å². The Hall–Kier alpha value is -4.22. The lowest BCUT2D eigenvalue weighted by atomic mass is 9.88. The third-order valence-electron chi connectivity index (χ3n) is 6.37. The third-order valence-corrected chi connectivity index (χ3v) is 6.37. The Morgan fingerprint density at radius 1 is 1.00 bits per heavy atom. The molecule has 2 aromatic rings. The van der Waals surface area contributed by atoms with Crippen LogP contribution in [-0.2, 0) is 14.4 Å². The molecule has 2 N–H and O–H groups in total. The van der Waals surface area contributed by atoms with Crippen LogP contribution in [0.4, 0.5) is 30.2 Å². The van der Waals surface area contributed by atoms with E-state index in [1.165, 1.54) is 24.1 Å². The Morgan fingerprint density at radius 3 is 2.21 bits per heavy atom. The number of piperidine rings is 2. The number of hydrogen-bond acceptors (Lipinski definition) is 6. The van der Waals surface area contributed by atoms with E-state index in [9.17, 15) is 27.6 Å². The van der Waals surface area contributed by atoms with Crippen LogP contribution in [0.5, 0.6) is 5.75 Å². The van der Waals surface area contributed by atoms with Gasteiger partial charge in [0, 0.05) is 37.9 Å². The second-order valence-electron chi connectivity index (χ2n) is 8.85. The molecule has 9 nitrogen and oxygen atoms in total. The lowest BCUT2D eigenvalue weighted by molar-refractivity contribution is -0.274. The number of alkyl halides is 3. The van der Waals surface area contributed by atoms with Crippen molar-refractivity contribution in [2.45, 2.75) is 32.0 Å². The zero-order valence-corrected chi connectivity index (χ0v) is 20.5. The molecule has 1 unspecified atom stereocenters. The van der Waals surface area contributed by atoms with Crippen LogP contribution in [0, 0.1) is 11.3 Å². The largest absolute Gasteiger partial charge is 0.573 e. The molecule has 0 aromatic heterocycles. The molecule has 2 fully saturated rings. The van der Waals surface area contributed by atoms with Gasteiger partial charge in [0.05, 0.1) is 11.6 Å². The number of hydrogen-bond donors (Lipinski definition) is 2. The standard InChI is InChI=1S/C26H26F3N5O4/c1-31-24(36)22(30)20-13-15-34(18-9-7-17(8-10-18)33-14-3-2-4-21(33)35)25(37)23(20)32-16-5-11-19(12-6-16)38-26(27,28)29/h5-12,20,30H,2-4,13-15H2,1H3,(H,31,36). The van der Waals surface area contributed by atoms with Gasteiger partial charge in [0.15, 0.2) is 0 Å². The molecule has 2 aromatic carbocycles. The van der Waals surface area contributed by atoms with Crippen LogP contribution in [0.15, 0.2) is 53.5 Å². The molecular formula is C26H26F3N5O4. The Kier molecular flexibility index (Phi) is 7.79. The fourth-order valence-electron chi connectivity index (χ4n) is 4.48. The summed E-state index contributed by atoms with van der Waals surface area (Å²) < 4.78 is 41.3. The zero-order valence-electron chi connectivity index (χ0n) is 20.5. The van der Waals surface area contributed by atoms with Crippen molar-refractivity contribution in [3.8, 4) is 5.75 Å². The summed E-state index contributed by atoms with van der Waals surface area (Å²) in [5.74, 6) is -2.49. The maximum atomic E-state index is 13.6. The van der Waals surface area contributed by atoms with Gasteiger partial charge in [0.2, 0.25) is 5.91 Å². The average Bonchev–Trinajstić information content (AvgIpc) is 2.89. The lowest BCUT2D eigenvalue weighted by Gasteiger charge is -2.33. The molecule has 200 valence electrons. The topological polar surface area (TPSA) is 115 Å². The van der Waals surface area contributed by atoms with E-state index in [1.807, 2.05) is 0 Å². The van der Waals surface area contributed by atoms with E-state index in [4.69, 9.17) is 5.41 Å². The summed E-state index contributed by atoms with van der Waals surface area (Å²) in [6, 6.07) is 11.6. The van der Waals surface area contributed by atoms with Crippen LogP contribution in [0.1, 0.15) is 25.7 Å². The lowest BCUT2D eigenvalue weighted by Crippen LogP contribution is -2.50. The molecule has 0 aliphatic carbocycles. The smallest absolute Gasteiger partial charge is 0.406 e. The highest BCUT2D eigenvalue weighted by Crippen LogP contribution is 2.30. The number of halogens is 3. The first kappa shape index (κ1) is 26.8. The average molecular weight is 530 g/mol. The van der Waals surface area contributed by atoms with Crippen molar-refractivity contribution in [3.63, 3.8) is 0 Å². The fourth-order valence-corrected chi connectivity index (χ4v) is 4.48. The molecule has 0 bridgehead atoms. The van der Waals surface area contributed by atoms with E-state index < -0.39 is 29.8 Å². The van der Waals surface area contributed by atoms with Gasteiger partial charge in [0.1, 0.15) is 17.2 Å². The number of nitrogens with zero attached hydrogens (tertiary/aromatic N) is 3. The Bertz CT molecular complexity index is 1260. The number of anilines is 2. The van der Waals surface area contributed by atoms with Crippen LogP contribution in [0.2, 0.25) is 0 Å². The highest BCUT2D eigenvalue weighted by atomic mass is 19.4. The van der Waals surface area contributed by atoms with Crippen LogP contribution in [0.3, 0.4) is 0 Å². The minimum atomic E-state index is -4.85.